The molecule has 1 nitrogen and oxygen atoms in total. The highest BCUT2D eigenvalue weighted by Gasteiger charge is 2.33. The molecule has 3 rings (SSSR count). The van der Waals surface area contributed by atoms with Crippen molar-refractivity contribution >= 4 is 22.5 Å². The molecule has 58 valence electrons. The zero-order valence-electron chi connectivity index (χ0n) is 5.99. The molecule has 0 amide bonds. The summed E-state index contributed by atoms with van der Waals surface area (Å²) < 4.78 is 0. The van der Waals surface area contributed by atoms with E-state index in [2.05, 4.69) is 16.6 Å². The van der Waals surface area contributed by atoms with Gasteiger partial charge >= 0.3 is 0 Å². The Bertz CT molecular complexity index is 121. The summed E-state index contributed by atoms with van der Waals surface area (Å²) in [5.41, 5.74) is 0. The first-order valence-electron chi connectivity index (χ1n) is 3.93. The molecule has 0 radical (unpaired) electrons. The number of fused-ring (bicyclic) bond motifs is 3. The number of piperidine rings is 3. The summed E-state index contributed by atoms with van der Waals surface area (Å²) in [6.07, 6.45) is 2.83. The monoisotopic (exact) mass is 175 g/mol. The van der Waals surface area contributed by atoms with Crippen LogP contribution >= 0.6 is 22.5 Å². The molecule has 3 saturated heterocycles. The van der Waals surface area contributed by atoms with Crippen LogP contribution in [0.2, 0.25) is 0 Å². The Morgan fingerprint density at radius 1 is 1.30 bits per heavy atom. The van der Waals surface area contributed by atoms with Crippen LogP contribution in [0.5, 0.6) is 0 Å². The van der Waals surface area contributed by atoms with E-state index in [1.54, 1.807) is 10.8 Å². The minimum Gasteiger partial charge on any atom is -0.302 e. The van der Waals surface area contributed by atoms with Gasteiger partial charge in [-0.05, 0) is 31.8 Å². The highest BCUT2D eigenvalue weighted by molar-refractivity contribution is 8.68. The smallest absolute Gasteiger partial charge is 0.0305 e. The van der Waals surface area contributed by atoms with Gasteiger partial charge in [0.15, 0.2) is 0 Å². The lowest BCUT2D eigenvalue weighted by Crippen LogP contribution is -2.48. The Labute approximate surface area is 71.4 Å². The zero-order chi connectivity index (χ0) is 6.97. The second-order valence-electron chi connectivity index (χ2n) is 3.28. The standard InChI is InChI=1S/C7H13NS2/c9-10-7-5-8-3-1-6(7)2-4-8/h6-7,9H,1-5H2/t7-/m1/s1. The van der Waals surface area contributed by atoms with Crippen LogP contribution in [0, 0.1) is 5.92 Å². The van der Waals surface area contributed by atoms with Gasteiger partial charge in [-0.2, -0.15) is 0 Å². The van der Waals surface area contributed by atoms with Crippen LogP contribution in [0.1, 0.15) is 12.8 Å². The largest absolute Gasteiger partial charge is 0.302 e. The molecule has 3 heterocycles. The predicted octanol–water partition coefficient (Wildman–Crippen LogP) is 1.66. The number of hydrogen-bond donors (Lipinski definition) is 1. The molecule has 0 aliphatic carbocycles. The molecule has 3 aliphatic heterocycles. The normalized spacial score (nSPS) is 45.9. The van der Waals surface area contributed by atoms with Crippen molar-refractivity contribution < 1.29 is 0 Å². The van der Waals surface area contributed by atoms with Gasteiger partial charge in [0.25, 0.3) is 0 Å². The molecule has 0 spiro atoms. The SMILES string of the molecule is SS[C@@H]1CN2CCC1CC2. The highest BCUT2D eigenvalue weighted by atomic mass is 33.1. The number of thiol groups is 1. The van der Waals surface area contributed by atoms with Crippen LogP contribution in [-0.2, 0) is 0 Å². The Kier molecular flexibility index (Phi) is 2.16. The van der Waals surface area contributed by atoms with E-state index >= 15 is 0 Å². The van der Waals surface area contributed by atoms with Gasteiger partial charge in [0.05, 0.1) is 0 Å². The van der Waals surface area contributed by atoms with E-state index in [1.807, 2.05) is 0 Å². The van der Waals surface area contributed by atoms with Crippen LogP contribution in [0.4, 0.5) is 0 Å². The third-order valence-corrected chi connectivity index (χ3v) is 4.35. The fourth-order valence-electron chi connectivity index (χ4n) is 2.03. The van der Waals surface area contributed by atoms with Gasteiger partial charge in [-0.15, -0.1) is 11.7 Å². The van der Waals surface area contributed by atoms with Gasteiger partial charge in [0.2, 0.25) is 0 Å². The third-order valence-electron chi connectivity index (χ3n) is 2.73. The Hall–Kier alpha value is 0.660. The minimum atomic E-state index is 0.825. The molecule has 0 N–H and O–H groups in total. The molecular weight excluding hydrogens is 162 g/mol. The summed E-state index contributed by atoms with van der Waals surface area (Å²) in [6, 6.07) is 0. The molecule has 0 saturated carbocycles. The maximum Gasteiger partial charge on any atom is 0.0305 e. The molecular formula is C7H13NS2. The Morgan fingerprint density at radius 2 is 2.00 bits per heavy atom. The molecule has 1 atom stereocenters. The maximum atomic E-state index is 4.29. The second kappa shape index (κ2) is 2.95. The first-order valence-corrected chi connectivity index (χ1v) is 5.86. The van der Waals surface area contributed by atoms with E-state index in [4.69, 9.17) is 0 Å². The quantitative estimate of drug-likeness (QED) is 0.477. The van der Waals surface area contributed by atoms with E-state index in [9.17, 15) is 0 Å². The van der Waals surface area contributed by atoms with Crippen LogP contribution in [0.15, 0.2) is 0 Å². The molecule has 0 aromatic rings. The van der Waals surface area contributed by atoms with Gasteiger partial charge in [0.1, 0.15) is 0 Å². The lowest BCUT2D eigenvalue weighted by Gasteiger charge is -2.43. The fourth-order valence-corrected chi connectivity index (χ4v) is 3.47. The molecule has 0 aromatic heterocycles. The van der Waals surface area contributed by atoms with Crippen LogP contribution in [0.3, 0.4) is 0 Å². The lowest BCUT2D eigenvalue weighted by molar-refractivity contribution is 0.119. The maximum absolute atomic E-state index is 4.29. The van der Waals surface area contributed by atoms with Crippen molar-refractivity contribution in [3.8, 4) is 0 Å². The summed E-state index contributed by atoms with van der Waals surface area (Å²) in [5.74, 6) is 0.979. The molecule has 2 bridgehead atoms. The average molecular weight is 175 g/mol. The number of nitrogens with zero attached hydrogens (tertiary/aromatic N) is 1. The molecule has 0 aromatic carbocycles. The Morgan fingerprint density at radius 3 is 2.30 bits per heavy atom. The van der Waals surface area contributed by atoms with E-state index in [0.29, 0.717) is 0 Å². The highest BCUT2D eigenvalue weighted by Crippen LogP contribution is 2.36. The van der Waals surface area contributed by atoms with Crippen molar-refractivity contribution in [3.05, 3.63) is 0 Å². The lowest BCUT2D eigenvalue weighted by atomic mass is 9.88. The summed E-state index contributed by atoms with van der Waals surface area (Å²) in [6.45, 7) is 3.98. The van der Waals surface area contributed by atoms with Crippen LogP contribution in [0.25, 0.3) is 0 Å². The third kappa shape index (κ3) is 1.19. The zero-order valence-corrected chi connectivity index (χ0v) is 7.70. The van der Waals surface area contributed by atoms with Crippen molar-refractivity contribution in [2.45, 2.75) is 18.1 Å². The topological polar surface area (TPSA) is 3.24 Å². The fraction of sp³-hybridized carbons (Fsp3) is 1.00. The average Bonchev–Trinajstić information content (AvgIpc) is 2.06. The van der Waals surface area contributed by atoms with Gasteiger partial charge in [0, 0.05) is 11.8 Å². The van der Waals surface area contributed by atoms with E-state index in [0.717, 1.165) is 11.2 Å². The molecule has 3 aliphatic rings. The van der Waals surface area contributed by atoms with Crippen molar-refractivity contribution in [2.24, 2.45) is 5.92 Å². The van der Waals surface area contributed by atoms with Crippen LogP contribution in [-0.4, -0.2) is 29.8 Å². The summed E-state index contributed by atoms with van der Waals surface area (Å²) in [7, 11) is 1.76. The first kappa shape index (κ1) is 7.32. The summed E-state index contributed by atoms with van der Waals surface area (Å²) in [4.78, 5) is 2.56. The van der Waals surface area contributed by atoms with Gasteiger partial charge < -0.3 is 4.90 Å². The van der Waals surface area contributed by atoms with E-state index in [1.165, 1.54) is 32.5 Å². The molecule has 3 heteroatoms. The van der Waals surface area contributed by atoms with Crippen molar-refractivity contribution in [1.29, 1.82) is 0 Å². The van der Waals surface area contributed by atoms with Crippen molar-refractivity contribution in [3.63, 3.8) is 0 Å². The van der Waals surface area contributed by atoms with E-state index in [-0.39, 0.29) is 0 Å². The van der Waals surface area contributed by atoms with Crippen LogP contribution < -0.4 is 0 Å². The number of hydrogen-bond acceptors (Lipinski definition) is 3. The predicted molar refractivity (Wildman–Crippen MR) is 49.5 cm³/mol. The van der Waals surface area contributed by atoms with Crippen molar-refractivity contribution in [2.75, 3.05) is 19.6 Å². The van der Waals surface area contributed by atoms with Crippen molar-refractivity contribution in [1.82, 2.24) is 4.90 Å². The number of rotatable bonds is 1. The first-order chi connectivity index (χ1) is 4.90. The summed E-state index contributed by atoms with van der Waals surface area (Å²) >= 11 is 4.29. The van der Waals surface area contributed by atoms with E-state index < -0.39 is 0 Å². The van der Waals surface area contributed by atoms with Gasteiger partial charge in [-0.1, -0.05) is 10.8 Å². The summed E-state index contributed by atoms with van der Waals surface area (Å²) in [5, 5.41) is 0.825. The second-order valence-corrected chi connectivity index (χ2v) is 4.73. The Balaban J connectivity index is 2.01. The molecule has 0 unspecified atom stereocenters. The van der Waals surface area contributed by atoms with Gasteiger partial charge in [-0.25, -0.2) is 0 Å². The minimum absolute atomic E-state index is 0.825. The van der Waals surface area contributed by atoms with Gasteiger partial charge in [-0.3, -0.25) is 0 Å². The molecule has 3 fully saturated rings. The molecule has 10 heavy (non-hydrogen) atoms.